The van der Waals surface area contributed by atoms with Crippen molar-refractivity contribution >= 4 is 16.8 Å². The van der Waals surface area contributed by atoms with Crippen LogP contribution in [0.1, 0.15) is 27.2 Å². The van der Waals surface area contributed by atoms with Gasteiger partial charge >= 0.3 is 0 Å². The van der Waals surface area contributed by atoms with Gasteiger partial charge in [-0.1, -0.05) is 11.6 Å². The van der Waals surface area contributed by atoms with E-state index in [9.17, 15) is 15.0 Å². The smallest absolute Gasteiger partial charge is 0.254 e. The Morgan fingerprint density at radius 2 is 1.76 bits per heavy atom. The van der Waals surface area contributed by atoms with Gasteiger partial charge < -0.3 is 20.1 Å². The first-order valence-electron chi connectivity index (χ1n) is 8.43. The molecule has 25 heavy (non-hydrogen) atoms. The van der Waals surface area contributed by atoms with Crippen LogP contribution in [0.2, 0.25) is 0 Å². The first-order valence-corrected chi connectivity index (χ1v) is 8.43. The standard InChI is InChI=1S/C20H20N2O3/c1-12-2-3-18-17(8-12)16-4-6-22(7-5-19(16)21-18)20(25)13-9-14(23)11-15(24)10-13/h2-3,8-11,21,23-24H,4-7H2,1H3. The molecule has 2 aromatic carbocycles. The quantitative estimate of drug-likeness (QED) is 0.639. The molecule has 0 bridgehead atoms. The fourth-order valence-corrected chi connectivity index (χ4v) is 3.63. The van der Waals surface area contributed by atoms with Gasteiger partial charge in [0.05, 0.1) is 0 Å². The van der Waals surface area contributed by atoms with Crippen LogP contribution in [0.15, 0.2) is 36.4 Å². The highest BCUT2D eigenvalue weighted by atomic mass is 16.3. The molecule has 0 saturated heterocycles. The fraction of sp³-hybridized carbons (Fsp3) is 0.250. The van der Waals surface area contributed by atoms with Gasteiger partial charge in [0.1, 0.15) is 11.5 Å². The number of rotatable bonds is 1. The number of aryl methyl sites for hydroxylation is 1. The molecule has 0 spiro atoms. The largest absolute Gasteiger partial charge is 0.508 e. The molecule has 2 heterocycles. The number of nitrogens with zero attached hydrogens (tertiary/aromatic N) is 1. The lowest BCUT2D eigenvalue weighted by Gasteiger charge is -2.20. The van der Waals surface area contributed by atoms with Crippen molar-refractivity contribution in [3.8, 4) is 11.5 Å². The van der Waals surface area contributed by atoms with E-state index in [0.29, 0.717) is 18.7 Å². The second kappa shape index (κ2) is 5.84. The van der Waals surface area contributed by atoms with Gasteiger partial charge in [-0.2, -0.15) is 0 Å². The Bertz CT molecular complexity index is 954. The molecule has 3 aromatic rings. The van der Waals surface area contributed by atoms with E-state index in [4.69, 9.17) is 0 Å². The first kappa shape index (κ1) is 15.6. The third-order valence-corrected chi connectivity index (χ3v) is 4.85. The maximum atomic E-state index is 12.7. The fourth-order valence-electron chi connectivity index (χ4n) is 3.63. The Morgan fingerprint density at radius 3 is 2.52 bits per heavy atom. The number of hydrogen-bond acceptors (Lipinski definition) is 3. The zero-order chi connectivity index (χ0) is 17.6. The molecule has 1 amide bonds. The van der Waals surface area contributed by atoms with Crippen LogP contribution in [-0.4, -0.2) is 39.1 Å². The SMILES string of the molecule is Cc1ccc2[nH]c3c(c2c1)CCN(C(=O)c1cc(O)cc(O)c1)CC3. The number of H-pyrrole nitrogens is 1. The molecule has 0 fully saturated rings. The molecule has 0 aliphatic carbocycles. The molecule has 5 heteroatoms. The van der Waals surface area contributed by atoms with Crippen LogP contribution in [0.5, 0.6) is 11.5 Å². The van der Waals surface area contributed by atoms with Crippen molar-refractivity contribution in [1.82, 2.24) is 9.88 Å². The molecule has 4 rings (SSSR count). The molecule has 1 aliphatic heterocycles. The molecule has 5 nitrogen and oxygen atoms in total. The second-order valence-corrected chi connectivity index (χ2v) is 6.66. The van der Waals surface area contributed by atoms with Gasteiger partial charge in [0.15, 0.2) is 0 Å². The van der Waals surface area contributed by atoms with Crippen molar-refractivity contribution < 1.29 is 15.0 Å². The monoisotopic (exact) mass is 336 g/mol. The number of fused-ring (bicyclic) bond motifs is 3. The normalized spacial score (nSPS) is 14.4. The van der Waals surface area contributed by atoms with Crippen LogP contribution in [0.4, 0.5) is 0 Å². The number of carbonyl (C=O) groups excluding carboxylic acids is 1. The van der Waals surface area contributed by atoms with Gasteiger partial charge in [-0.15, -0.1) is 0 Å². The lowest BCUT2D eigenvalue weighted by atomic mass is 10.1. The number of aromatic hydroxyl groups is 2. The number of nitrogens with one attached hydrogen (secondary N) is 1. The molecular formula is C20H20N2O3. The minimum atomic E-state index is -0.170. The van der Waals surface area contributed by atoms with Crippen molar-refractivity contribution in [1.29, 1.82) is 0 Å². The summed E-state index contributed by atoms with van der Waals surface area (Å²) in [6.07, 6.45) is 1.55. The summed E-state index contributed by atoms with van der Waals surface area (Å²) in [7, 11) is 0. The Labute approximate surface area is 145 Å². The third-order valence-electron chi connectivity index (χ3n) is 4.85. The predicted molar refractivity (Wildman–Crippen MR) is 96.1 cm³/mol. The summed E-state index contributed by atoms with van der Waals surface area (Å²) < 4.78 is 0. The van der Waals surface area contributed by atoms with Gasteiger partial charge in [0.2, 0.25) is 0 Å². The highest BCUT2D eigenvalue weighted by Gasteiger charge is 2.23. The maximum Gasteiger partial charge on any atom is 0.254 e. The van der Waals surface area contributed by atoms with Crippen molar-refractivity contribution in [2.75, 3.05) is 13.1 Å². The zero-order valence-corrected chi connectivity index (χ0v) is 14.0. The van der Waals surface area contributed by atoms with E-state index in [1.807, 2.05) is 0 Å². The summed E-state index contributed by atoms with van der Waals surface area (Å²) in [5.41, 5.74) is 5.15. The highest BCUT2D eigenvalue weighted by Crippen LogP contribution is 2.28. The summed E-state index contributed by atoms with van der Waals surface area (Å²) >= 11 is 0. The van der Waals surface area contributed by atoms with Gasteiger partial charge in [-0.25, -0.2) is 0 Å². The topological polar surface area (TPSA) is 76.6 Å². The lowest BCUT2D eigenvalue weighted by Crippen LogP contribution is -2.33. The Morgan fingerprint density at radius 1 is 1.04 bits per heavy atom. The van der Waals surface area contributed by atoms with Crippen LogP contribution < -0.4 is 0 Å². The summed E-state index contributed by atoms with van der Waals surface area (Å²) in [6, 6.07) is 10.4. The van der Waals surface area contributed by atoms with E-state index in [1.165, 1.54) is 40.4 Å². The van der Waals surface area contributed by atoms with E-state index >= 15 is 0 Å². The second-order valence-electron chi connectivity index (χ2n) is 6.66. The lowest BCUT2D eigenvalue weighted by molar-refractivity contribution is 0.0762. The number of aromatic amines is 1. The summed E-state index contributed by atoms with van der Waals surface area (Å²) in [5.74, 6) is -0.383. The minimum Gasteiger partial charge on any atom is -0.508 e. The van der Waals surface area contributed by atoms with Crippen LogP contribution in [0, 0.1) is 6.92 Å². The maximum absolute atomic E-state index is 12.7. The molecule has 128 valence electrons. The summed E-state index contributed by atoms with van der Waals surface area (Å²) in [4.78, 5) is 18.0. The van der Waals surface area contributed by atoms with Gasteiger partial charge in [-0.3, -0.25) is 4.79 Å². The van der Waals surface area contributed by atoms with Crippen LogP contribution in [0.25, 0.3) is 10.9 Å². The highest BCUT2D eigenvalue weighted by molar-refractivity contribution is 5.95. The number of phenolic OH excluding ortho intramolecular Hbond substituents is 2. The van der Waals surface area contributed by atoms with Crippen molar-refractivity contribution in [3.05, 3.63) is 58.8 Å². The number of aromatic nitrogens is 1. The summed E-state index contributed by atoms with van der Waals surface area (Å²) in [6.45, 7) is 3.30. The van der Waals surface area contributed by atoms with Crippen LogP contribution >= 0.6 is 0 Å². The van der Waals surface area contributed by atoms with E-state index < -0.39 is 0 Å². The van der Waals surface area contributed by atoms with E-state index in [2.05, 4.69) is 30.1 Å². The Hall–Kier alpha value is -2.95. The van der Waals surface area contributed by atoms with Gasteiger partial charge in [0, 0.05) is 47.7 Å². The number of hydrogen-bond donors (Lipinski definition) is 3. The molecule has 0 atom stereocenters. The molecule has 1 aromatic heterocycles. The molecular weight excluding hydrogens is 316 g/mol. The molecule has 0 unspecified atom stereocenters. The zero-order valence-electron chi connectivity index (χ0n) is 14.0. The number of phenols is 2. The predicted octanol–water partition coefficient (Wildman–Crippen LogP) is 3.13. The average Bonchev–Trinajstić information content (AvgIpc) is 2.77. The number of benzene rings is 2. The Kier molecular flexibility index (Phi) is 3.64. The van der Waals surface area contributed by atoms with Gasteiger partial charge in [0.25, 0.3) is 5.91 Å². The van der Waals surface area contributed by atoms with Crippen molar-refractivity contribution in [3.63, 3.8) is 0 Å². The van der Waals surface area contributed by atoms with E-state index in [-0.39, 0.29) is 17.4 Å². The molecule has 0 radical (unpaired) electrons. The Balaban J connectivity index is 1.61. The minimum absolute atomic E-state index is 0.107. The average molecular weight is 336 g/mol. The van der Waals surface area contributed by atoms with E-state index in [0.717, 1.165) is 18.4 Å². The number of carbonyl (C=O) groups is 1. The van der Waals surface area contributed by atoms with Gasteiger partial charge in [-0.05, 0) is 43.2 Å². The van der Waals surface area contributed by atoms with Crippen molar-refractivity contribution in [2.24, 2.45) is 0 Å². The molecule has 0 saturated carbocycles. The molecule has 1 aliphatic rings. The number of amides is 1. The van der Waals surface area contributed by atoms with Crippen LogP contribution in [-0.2, 0) is 12.8 Å². The van der Waals surface area contributed by atoms with Crippen molar-refractivity contribution in [2.45, 2.75) is 19.8 Å². The van der Waals surface area contributed by atoms with Crippen LogP contribution in [0.3, 0.4) is 0 Å². The molecule has 3 N–H and O–H groups in total. The third kappa shape index (κ3) is 2.82. The summed E-state index contributed by atoms with van der Waals surface area (Å²) in [5, 5.41) is 20.5. The first-order chi connectivity index (χ1) is 12.0. The van der Waals surface area contributed by atoms with E-state index in [1.54, 1.807) is 4.90 Å².